The lowest BCUT2D eigenvalue weighted by molar-refractivity contribution is 0.202. The van der Waals surface area contributed by atoms with E-state index in [4.69, 9.17) is 11.1 Å². The third kappa shape index (κ3) is 2.18. The second-order valence-corrected chi connectivity index (χ2v) is 4.49. The molecule has 0 aromatic heterocycles. The van der Waals surface area contributed by atoms with Crippen molar-refractivity contribution in [1.82, 2.24) is 9.80 Å². The number of likely N-dealkylation sites (N-methyl/N-ethyl adjacent to an activating group) is 1. The van der Waals surface area contributed by atoms with Crippen molar-refractivity contribution in [3.05, 3.63) is 0 Å². The van der Waals surface area contributed by atoms with Crippen LogP contribution in [0.15, 0.2) is 0 Å². The molecule has 82 valence electrons. The molecule has 0 aromatic carbocycles. The Labute approximate surface area is 86.6 Å². The van der Waals surface area contributed by atoms with E-state index in [1.54, 1.807) is 0 Å². The molecule has 4 nitrogen and oxygen atoms in total. The van der Waals surface area contributed by atoms with E-state index in [1.165, 1.54) is 0 Å². The van der Waals surface area contributed by atoms with Gasteiger partial charge in [-0.05, 0) is 34.2 Å². The second kappa shape index (κ2) is 4.17. The summed E-state index contributed by atoms with van der Waals surface area (Å²) in [5.41, 5.74) is 5.57. The zero-order chi connectivity index (χ0) is 10.9. The average molecular weight is 198 g/mol. The van der Waals surface area contributed by atoms with E-state index in [-0.39, 0.29) is 5.96 Å². The Hall–Kier alpha value is -0.770. The molecule has 3 atom stereocenters. The molecular formula is C10H22N4. The molecule has 1 aliphatic rings. The van der Waals surface area contributed by atoms with Crippen molar-refractivity contribution in [3.8, 4) is 0 Å². The van der Waals surface area contributed by atoms with Crippen LogP contribution >= 0.6 is 0 Å². The van der Waals surface area contributed by atoms with Crippen LogP contribution in [0.1, 0.15) is 27.2 Å². The van der Waals surface area contributed by atoms with Gasteiger partial charge in [0.25, 0.3) is 0 Å². The Morgan fingerprint density at radius 1 is 1.21 bits per heavy atom. The SMILES string of the molecule is CC1CC(C)N(C)C(C)CN1C(=N)N. The van der Waals surface area contributed by atoms with Crippen molar-refractivity contribution < 1.29 is 0 Å². The first-order chi connectivity index (χ1) is 6.43. The van der Waals surface area contributed by atoms with E-state index in [0.29, 0.717) is 18.1 Å². The Bertz CT molecular complexity index is 216. The summed E-state index contributed by atoms with van der Waals surface area (Å²) in [4.78, 5) is 4.35. The van der Waals surface area contributed by atoms with Crippen molar-refractivity contribution in [2.75, 3.05) is 13.6 Å². The van der Waals surface area contributed by atoms with E-state index in [0.717, 1.165) is 13.0 Å². The molecule has 0 spiro atoms. The standard InChI is InChI=1S/C10H22N4/c1-7-5-8(2)14(10(11)12)6-9(3)13(7)4/h7-9H,5-6H2,1-4H3,(H3,11,12). The molecular weight excluding hydrogens is 176 g/mol. The lowest BCUT2D eigenvalue weighted by Gasteiger charge is -2.29. The predicted molar refractivity (Wildman–Crippen MR) is 59.4 cm³/mol. The molecule has 3 unspecified atom stereocenters. The largest absolute Gasteiger partial charge is 0.370 e. The van der Waals surface area contributed by atoms with Gasteiger partial charge in [-0.25, -0.2) is 0 Å². The first-order valence-electron chi connectivity index (χ1n) is 5.26. The van der Waals surface area contributed by atoms with Gasteiger partial charge in [-0.1, -0.05) is 0 Å². The smallest absolute Gasteiger partial charge is 0.188 e. The number of nitrogens with one attached hydrogen (secondary N) is 1. The summed E-state index contributed by atoms with van der Waals surface area (Å²) >= 11 is 0. The zero-order valence-corrected chi connectivity index (χ0v) is 9.62. The number of guanidine groups is 1. The van der Waals surface area contributed by atoms with E-state index in [1.807, 2.05) is 4.90 Å². The highest BCUT2D eigenvalue weighted by molar-refractivity contribution is 5.75. The van der Waals surface area contributed by atoms with Crippen LogP contribution in [0.3, 0.4) is 0 Å². The van der Waals surface area contributed by atoms with Crippen LogP contribution in [0.25, 0.3) is 0 Å². The predicted octanol–water partition coefficient (Wildman–Crippen LogP) is 0.683. The molecule has 14 heavy (non-hydrogen) atoms. The lowest BCUT2D eigenvalue weighted by atomic mass is 10.1. The van der Waals surface area contributed by atoms with E-state index < -0.39 is 0 Å². The monoisotopic (exact) mass is 198 g/mol. The van der Waals surface area contributed by atoms with Crippen molar-refractivity contribution >= 4 is 5.96 Å². The number of rotatable bonds is 0. The van der Waals surface area contributed by atoms with Gasteiger partial charge in [0.1, 0.15) is 0 Å². The van der Waals surface area contributed by atoms with Crippen LogP contribution in [-0.4, -0.2) is 47.5 Å². The number of nitrogens with two attached hydrogens (primary N) is 1. The summed E-state index contributed by atoms with van der Waals surface area (Å²) in [6, 6.07) is 1.39. The summed E-state index contributed by atoms with van der Waals surface area (Å²) in [7, 11) is 2.14. The number of hydrogen-bond donors (Lipinski definition) is 2. The fourth-order valence-corrected chi connectivity index (χ4v) is 2.15. The van der Waals surface area contributed by atoms with Gasteiger partial charge in [-0.15, -0.1) is 0 Å². The highest BCUT2D eigenvalue weighted by Gasteiger charge is 2.28. The Kier molecular flexibility index (Phi) is 3.37. The van der Waals surface area contributed by atoms with Crippen molar-refractivity contribution in [3.63, 3.8) is 0 Å². The quantitative estimate of drug-likeness (QED) is 0.444. The Morgan fingerprint density at radius 2 is 1.79 bits per heavy atom. The normalized spacial score (nSPS) is 35.4. The van der Waals surface area contributed by atoms with Crippen molar-refractivity contribution in [2.24, 2.45) is 5.73 Å². The molecule has 4 heteroatoms. The van der Waals surface area contributed by atoms with Crippen LogP contribution in [0.4, 0.5) is 0 Å². The van der Waals surface area contributed by atoms with Crippen LogP contribution in [0.2, 0.25) is 0 Å². The third-order valence-corrected chi connectivity index (χ3v) is 3.38. The maximum absolute atomic E-state index is 7.52. The summed E-state index contributed by atoms with van der Waals surface area (Å²) in [6.45, 7) is 7.42. The molecule has 0 aromatic rings. The summed E-state index contributed by atoms with van der Waals surface area (Å²) in [5.74, 6) is 0.201. The number of hydrogen-bond acceptors (Lipinski definition) is 2. The second-order valence-electron chi connectivity index (χ2n) is 4.49. The molecule has 3 N–H and O–H groups in total. The van der Waals surface area contributed by atoms with Crippen molar-refractivity contribution in [1.29, 1.82) is 5.41 Å². The molecule has 1 heterocycles. The van der Waals surface area contributed by atoms with E-state index >= 15 is 0 Å². The van der Waals surface area contributed by atoms with Gasteiger partial charge in [0.05, 0.1) is 0 Å². The summed E-state index contributed by atoms with van der Waals surface area (Å²) in [5, 5.41) is 7.52. The fourth-order valence-electron chi connectivity index (χ4n) is 2.15. The van der Waals surface area contributed by atoms with Gasteiger partial charge in [-0.2, -0.15) is 0 Å². The Balaban J connectivity index is 2.78. The van der Waals surface area contributed by atoms with Crippen LogP contribution in [0.5, 0.6) is 0 Å². The maximum Gasteiger partial charge on any atom is 0.188 e. The molecule has 0 bridgehead atoms. The molecule has 0 amide bonds. The minimum atomic E-state index is 0.201. The third-order valence-electron chi connectivity index (χ3n) is 3.38. The molecule has 1 aliphatic heterocycles. The maximum atomic E-state index is 7.52. The van der Waals surface area contributed by atoms with Gasteiger partial charge in [0.2, 0.25) is 0 Å². The van der Waals surface area contributed by atoms with Gasteiger partial charge in [0, 0.05) is 24.7 Å². The topological polar surface area (TPSA) is 56.4 Å². The summed E-state index contributed by atoms with van der Waals surface area (Å²) < 4.78 is 0. The van der Waals surface area contributed by atoms with Gasteiger partial charge in [0.15, 0.2) is 5.96 Å². The summed E-state index contributed by atoms with van der Waals surface area (Å²) in [6.07, 6.45) is 1.07. The van der Waals surface area contributed by atoms with Crippen LogP contribution in [-0.2, 0) is 0 Å². The minimum absolute atomic E-state index is 0.201. The fraction of sp³-hybridized carbons (Fsp3) is 0.900. The number of nitrogens with zero attached hydrogens (tertiary/aromatic N) is 2. The molecule has 1 saturated heterocycles. The van der Waals surface area contributed by atoms with E-state index in [2.05, 4.69) is 32.7 Å². The minimum Gasteiger partial charge on any atom is -0.370 e. The molecule has 0 aliphatic carbocycles. The zero-order valence-electron chi connectivity index (χ0n) is 9.62. The molecule has 0 saturated carbocycles. The lowest BCUT2D eigenvalue weighted by Crippen LogP contribution is -2.46. The van der Waals surface area contributed by atoms with Crippen LogP contribution < -0.4 is 5.73 Å². The molecule has 1 rings (SSSR count). The first-order valence-corrected chi connectivity index (χ1v) is 5.26. The van der Waals surface area contributed by atoms with Gasteiger partial charge >= 0.3 is 0 Å². The van der Waals surface area contributed by atoms with E-state index in [9.17, 15) is 0 Å². The molecule has 1 fully saturated rings. The highest BCUT2D eigenvalue weighted by atomic mass is 15.3. The molecule has 0 radical (unpaired) electrons. The first kappa shape index (κ1) is 11.3. The Morgan fingerprint density at radius 3 is 2.29 bits per heavy atom. The highest BCUT2D eigenvalue weighted by Crippen LogP contribution is 2.18. The van der Waals surface area contributed by atoms with Crippen molar-refractivity contribution in [2.45, 2.75) is 45.3 Å². The van der Waals surface area contributed by atoms with Gasteiger partial charge < -0.3 is 10.6 Å². The van der Waals surface area contributed by atoms with Crippen LogP contribution in [0, 0.1) is 5.41 Å². The average Bonchev–Trinajstić information content (AvgIpc) is 2.18. The van der Waals surface area contributed by atoms with Gasteiger partial charge in [-0.3, -0.25) is 10.3 Å².